The van der Waals surface area contributed by atoms with Crippen LogP contribution in [-0.4, -0.2) is 34.3 Å². The number of ether oxygens (including phenoxy) is 1. The van der Waals surface area contributed by atoms with Crippen LogP contribution >= 0.6 is 0 Å². The Bertz CT molecular complexity index is 552. The van der Waals surface area contributed by atoms with Crippen molar-refractivity contribution in [3.63, 3.8) is 0 Å². The molecule has 1 aliphatic rings. The smallest absolute Gasteiger partial charge is 0.322 e. The number of carbonyl (C=O) groups excluding carboxylic acids is 2. The van der Waals surface area contributed by atoms with Crippen LogP contribution in [0.3, 0.4) is 0 Å². The molecular weight excluding hydrogens is 368 g/mol. The van der Waals surface area contributed by atoms with Gasteiger partial charge in [0.05, 0.1) is 12.7 Å². The van der Waals surface area contributed by atoms with Crippen LogP contribution in [0.2, 0.25) is 0 Å². The normalized spacial score (nSPS) is 24.7. The summed E-state index contributed by atoms with van der Waals surface area (Å²) in [6.45, 7) is 13.7. The topological polar surface area (TPSA) is 78.9 Å². The maximum absolute atomic E-state index is 12.9. The molecule has 1 saturated carbocycles. The second-order valence-electron chi connectivity index (χ2n) is 9.86. The number of esters is 1. The highest BCUT2D eigenvalue weighted by Gasteiger charge is 2.49. The summed E-state index contributed by atoms with van der Waals surface area (Å²) in [6.07, 6.45) is 3.61. The zero-order valence-electron chi connectivity index (χ0n) is 18.0. The minimum Gasteiger partial charge on any atom is -0.459 e. The first-order chi connectivity index (χ1) is 12.1. The Morgan fingerprint density at radius 3 is 1.93 bits per heavy atom. The van der Waals surface area contributed by atoms with Gasteiger partial charge in [-0.1, -0.05) is 27.7 Å². The molecule has 7 heteroatoms. The van der Waals surface area contributed by atoms with Crippen molar-refractivity contribution >= 4 is 23.1 Å². The zero-order valence-corrected chi connectivity index (χ0v) is 18.9. The Kier molecular flexibility index (Phi) is 8.21. The lowest BCUT2D eigenvalue weighted by Crippen LogP contribution is -2.49. The molecule has 2 atom stereocenters. The van der Waals surface area contributed by atoms with Crippen LogP contribution in [-0.2, 0) is 34.1 Å². The van der Waals surface area contributed by atoms with Crippen molar-refractivity contribution in [2.24, 2.45) is 16.7 Å². The minimum atomic E-state index is -2.02. The molecule has 0 aromatic rings. The highest BCUT2D eigenvalue weighted by molar-refractivity contribution is 7.75. The predicted molar refractivity (Wildman–Crippen MR) is 105 cm³/mol. The van der Waals surface area contributed by atoms with Crippen molar-refractivity contribution < 1.29 is 26.9 Å². The fourth-order valence-electron chi connectivity index (χ4n) is 3.07. The third-order valence-electron chi connectivity index (χ3n) is 4.65. The SMILES string of the molecule is CC1CCC(OS(=O)OCC(C)(C(=O)OC(C)(C)C)C(=O)C(C)(C)C)CC1. The van der Waals surface area contributed by atoms with Crippen molar-refractivity contribution in [3.8, 4) is 0 Å². The van der Waals surface area contributed by atoms with E-state index < -0.39 is 33.8 Å². The molecule has 0 aromatic carbocycles. The van der Waals surface area contributed by atoms with Crippen molar-refractivity contribution in [1.82, 2.24) is 0 Å². The van der Waals surface area contributed by atoms with Crippen LogP contribution in [0.5, 0.6) is 0 Å². The number of hydrogen-bond donors (Lipinski definition) is 0. The summed E-state index contributed by atoms with van der Waals surface area (Å²) in [5.74, 6) is -0.356. The molecule has 158 valence electrons. The zero-order chi connectivity index (χ0) is 21.0. The van der Waals surface area contributed by atoms with Gasteiger partial charge in [0.1, 0.15) is 11.0 Å². The van der Waals surface area contributed by atoms with E-state index in [1.807, 2.05) is 0 Å². The highest BCUT2D eigenvalue weighted by atomic mass is 32.2. The van der Waals surface area contributed by atoms with E-state index in [0.29, 0.717) is 5.92 Å². The number of hydrogen-bond acceptors (Lipinski definition) is 6. The standard InChI is InChI=1S/C20H36O6S/c1-14-9-11-15(12-10-14)26-27(23)24-13-20(8,16(21)18(2,3)4)17(22)25-19(5,6)7/h14-15H,9-13H2,1-8H3. The third kappa shape index (κ3) is 7.62. The lowest BCUT2D eigenvalue weighted by atomic mass is 9.74. The molecule has 27 heavy (non-hydrogen) atoms. The van der Waals surface area contributed by atoms with E-state index in [9.17, 15) is 13.8 Å². The molecule has 1 aliphatic carbocycles. The number of carbonyl (C=O) groups is 2. The molecule has 0 amide bonds. The largest absolute Gasteiger partial charge is 0.459 e. The molecule has 0 heterocycles. The first kappa shape index (κ1) is 24.2. The fourth-order valence-corrected chi connectivity index (χ4v) is 3.87. The number of ketones is 1. The first-order valence-corrected chi connectivity index (χ1v) is 10.7. The van der Waals surface area contributed by atoms with E-state index in [2.05, 4.69) is 6.92 Å². The van der Waals surface area contributed by atoms with Gasteiger partial charge < -0.3 is 4.74 Å². The Morgan fingerprint density at radius 2 is 1.48 bits per heavy atom. The second kappa shape index (κ2) is 9.14. The van der Waals surface area contributed by atoms with Crippen molar-refractivity contribution in [2.45, 2.75) is 92.8 Å². The lowest BCUT2D eigenvalue weighted by molar-refractivity contribution is -0.173. The van der Waals surface area contributed by atoms with Crippen LogP contribution in [0.4, 0.5) is 0 Å². The summed E-state index contributed by atoms with van der Waals surface area (Å²) in [4.78, 5) is 25.7. The number of Topliss-reactive ketones (excluding diaryl/α,β-unsaturated/α-hetero) is 1. The van der Waals surface area contributed by atoms with Crippen LogP contribution in [0.25, 0.3) is 0 Å². The summed E-state index contributed by atoms with van der Waals surface area (Å²) in [5, 5.41) is 0. The first-order valence-electron chi connectivity index (χ1n) is 9.65. The molecule has 0 N–H and O–H groups in total. The van der Waals surface area contributed by atoms with E-state index in [-0.39, 0.29) is 18.5 Å². The molecule has 6 nitrogen and oxygen atoms in total. The molecule has 0 radical (unpaired) electrons. The molecule has 1 fully saturated rings. The molecule has 2 unspecified atom stereocenters. The van der Waals surface area contributed by atoms with Crippen molar-refractivity contribution in [2.75, 3.05) is 6.61 Å². The van der Waals surface area contributed by atoms with Gasteiger partial charge in [-0.15, -0.1) is 0 Å². The summed E-state index contributed by atoms with van der Waals surface area (Å²) in [7, 11) is 0. The van der Waals surface area contributed by atoms with Gasteiger partial charge in [0.15, 0.2) is 5.78 Å². The molecule has 0 aliphatic heterocycles. The van der Waals surface area contributed by atoms with Gasteiger partial charge in [-0.2, -0.15) is 4.21 Å². The van der Waals surface area contributed by atoms with Crippen molar-refractivity contribution in [1.29, 1.82) is 0 Å². The van der Waals surface area contributed by atoms with Gasteiger partial charge in [0.25, 0.3) is 0 Å². The van der Waals surface area contributed by atoms with Gasteiger partial charge in [-0.25, -0.2) is 0 Å². The Balaban J connectivity index is 2.80. The monoisotopic (exact) mass is 404 g/mol. The van der Waals surface area contributed by atoms with Gasteiger partial charge in [-0.3, -0.25) is 18.0 Å². The Hall–Kier alpha value is -0.790. The quantitative estimate of drug-likeness (QED) is 0.469. The van der Waals surface area contributed by atoms with Gasteiger partial charge in [-0.05, 0) is 59.3 Å². The Morgan fingerprint density at radius 1 is 0.963 bits per heavy atom. The third-order valence-corrected chi connectivity index (χ3v) is 5.39. The molecule has 0 spiro atoms. The van der Waals surface area contributed by atoms with Gasteiger partial charge >= 0.3 is 17.3 Å². The summed E-state index contributed by atoms with van der Waals surface area (Å²) < 4.78 is 28.4. The van der Waals surface area contributed by atoms with E-state index in [1.165, 1.54) is 6.92 Å². The molecule has 0 saturated heterocycles. The lowest BCUT2D eigenvalue weighted by Gasteiger charge is -2.34. The predicted octanol–water partition coefficient (Wildman–Crippen LogP) is 4.14. The fraction of sp³-hybridized carbons (Fsp3) is 0.900. The average Bonchev–Trinajstić information content (AvgIpc) is 2.51. The van der Waals surface area contributed by atoms with Crippen LogP contribution in [0.1, 0.15) is 81.1 Å². The van der Waals surface area contributed by atoms with E-state index >= 15 is 0 Å². The van der Waals surface area contributed by atoms with Crippen LogP contribution in [0, 0.1) is 16.7 Å². The summed E-state index contributed by atoms with van der Waals surface area (Å²) in [6, 6.07) is 0. The van der Waals surface area contributed by atoms with Crippen LogP contribution < -0.4 is 0 Å². The summed E-state index contributed by atoms with van der Waals surface area (Å²) in [5.41, 5.74) is -3.09. The van der Waals surface area contributed by atoms with E-state index in [0.717, 1.165) is 25.7 Å². The maximum Gasteiger partial charge on any atom is 0.322 e. The van der Waals surface area contributed by atoms with Crippen molar-refractivity contribution in [3.05, 3.63) is 0 Å². The van der Waals surface area contributed by atoms with E-state index in [4.69, 9.17) is 13.1 Å². The molecular formula is C20H36O6S. The Labute approximate surface area is 166 Å². The second-order valence-corrected chi connectivity index (χ2v) is 10.7. The average molecular weight is 405 g/mol. The van der Waals surface area contributed by atoms with Gasteiger partial charge in [0, 0.05) is 5.41 Å². The molecule has 0 bridgehead atoms. The minimum absolute atomic E-state index is 0.117. The summed E-state index contributed by atoms with van der Waals surface area (Å²) >= 11 is -2.02. The molecule has 0 aromatic heterocycles. The van der Waals surface area contributed by atoms with Gasteiger partial charge in [0.2, 0.25) is 0 Å². The molecule has 1 rings (SSSR count). The number of rotatable bonds is 7. The highest BCUT2D eigenvalue weighted by Crippen LogP contribution is 2.33. The maximum atomic E-state index is 12.9. The van der Waals surface area contributed by atoms with E-state index in [1.54, 1.807) is 41.5 Å². The van der Waals surface area contributed by atoms with Crippen LogP contribution in [0.15, 0.2) is 0 Å².